The van der Waals surface area contributed by atoms with Crippen molar-refractivity contribution in [2.75, 3.05) is 0 Å². The molecule has 7 heteroatoms. The first-order valence-corrected chi connectivity index (χ1v) is 5.45. The first-order chi connectivity index (χ1) is 8.36. The van der Waals surface area contributed by atoms with Gasteiger partial charge in [0.25, 0.3) is 0 Å². The summed E-state index contributed by atoms with van der Waals surface area (Å²) in [5, 5.41) is 2.57. The summed E-state index contributed by atoms with van der Waals surface area (Å²) in [6, 6.07) is 4.22. The normalized spacial score (nSPS) is 20.3. The number of benzene rings is 1. The van der Waals surface area contributed by atoms with Crippen molar-refractivity contribution < 1.29 is 18.0 Å². The average molecular weight is 277 g/mol. The van der Waals surface area contributed by atoms with E-state index in [-0.39, 0.29) is 5.84 Å². The van der Waals surface area contributed by atoms with Gasteiger partial charge in [0.05, 0.1) is 6.42 Å². The Labute approximate surface area is 106 Å². The number of amides is 1. The quantitative estimate of drug-likeness (QED) is 0.856. The number of aliphatic imine (C=N–C) groups is 1. The maximum absolute atomic E-state index is 12.6. The molecule has 1 heterocycles. The number of nitrogens with zero attached hydrogens (tertiary/aromatic N) is 1. The molecule has 1 atom stereocenters. The lowest BCUT2D eigenvalue weighted by Crippen LogP contribution is -2.49. The molecule has 2 rings (SSSR count). The topological polar surface area (TPSA) is 41.5 Å². The molecule has 0 aliphatic carbocycles. The molecule has 0 aromatic heterocycles. The van der Waals surface area contributed by atoms with Gasteiger partial charge in [0.15, 0.2) is 0 Å². The van der Waals surface area contributed by atoms with Crippen molar-refractivity contribution >= 4 is 23.3 Å². The summed E-state index contributed by atoms with van der Waals surface area (Å²) in [6.45, 7) is 0. The van der Waals surface area contributed by atoms with E-state index in [0.717, 1.165) is 0 Å². The lowest BCUT2D eigenvalue weighted by molar-refractivity contribution is -0.158. The molecule has 1 aromatic rings. The van der Waals surface area contributed by atoms with Gasteiger partial charge in [-0.1, -0.05) is 23.7 Å². The standard InChI is InChI=1S/C11H8ClF3N2O/c12-7-3-1-2-6(4-7)10-16-8(11(13,14)15)5-9(18)17-10/h1-4,8H,5H2,(H,16,17,18). The Morgan fingerprint density at radius 2 is 2.11 bits per heavy atom. The molecule has 0 fully saturated rings. The van der Waals surface area contributed by atoms with E-state index >= 15 is 0 Å². The average Bonchev–Trinajstić information content (AvgIpc) is 2.27. The monoisotopic (exact) mass is 276 g/mol. The Hall–Kier alpha value is -1.56. The summed E-state index contributed by atoms with van der Waals surface area (Å²) in [5.74, 6) is -0.901. The SMILES string of the molecule is O=C1CC(C(F)(F)F)NC(c2cccc(Cl)c2)=N1. The third-order valence-electron chi connectivity index (χ3n) is 2.42. The van der Waals surface area contributed by atoms with Gasteiger partial charge < -0.3 is 5.32 Å². The molecule has 18 heavy (non-hydrogen) atoms. The minimum atomic E-state index is -4.49. The van der Waals surface area contributed by atoms with Crippen LogP contribution >= 0.6 is 11.6 Å². The van der Waals surface area contributed by atoms with E-state index in [0.29, 0.717) is 10.6 Å². The van der Waals surface area contributed by atoms with Crippen molar-refractivity contribution in [3.63, 3.8) is 0 Å². The van der Waals surface area contributed by atoms with E-state index in [9.17, 15) is 18.0 Å². The highest BCUT2D eigenvalue weighted by molar-refractivity contribution is 6.31. The Morgan fingerprint density at radius 1 is 1.39 bits per heavy atom. The Bertz CT molecular complexity index is 513. The molecule has 0 saturated heterocycles. The van der Waals surface area contributed by atoms with Crippen LogP contribution in [-0.2, 0) is 4.79 Å². The van der Waals surface area contributed by atoms with Gasteiger partial charge in [-0.15, -0.1) is 0 Å². The van der Waals surface area contributed by atoms with Crippen LogP contribution in [0.2, 0.25) is 5.02 Å². The van der Waals surface area contributed by atoms with Gasteiger partial charge >= 0.3 is 6.18 Å². The van der Waals surface area contributed by atoms with Crippen molar-refractivity contribution in [2.45, 2.75) is 18.6 Å². The van der Waals surface area contributed by atoms with Crippen LogP contribution in [0.25, 0.3) is 0 Å². The van der Waals surface area contributed by atoms with Gasteiger partial charge in [-0.2, -0.15) is 18.2 Å². The predicted octanol–water partition coefficient (Wildman–Crippen LogP) is 2.54. The summed E-state index contributed by atoms with van der Waals surface area (Å²) >= 11 is 5.74. The van der Waals surface area contributed by atoms with Crippen LogP contribution in [0.4, 0.5) is 13.2 Å². The molecule has 1 N–H and O–H groups in total. The zero-order valence-corrected chi connectivity index (χ0v) is 9.72. The van der Waals surface area contributed by atoms with Crippen LogP contribution in [0, 0.1) is 0 Å². The highest BCUT2D eigenvalue weighted by Crippen LogP contribution is 2.25. The van der Waals surface area contributed by atoms with Gasteiger partial charge in [0, 0.05) is 10.6 Å². The van der Waals surface area contributed by atoms with Gasteiger partial charge in [0.2, 0.25) is 5.91 Å². The molecule has 1 aromatic carbocycles. The van der Waals surface area contributed by atoms with Crippen LogP contribution < -0.4 is 5.32 Å². The molecule has 0 bridgehead atoms. The van der Waals surface area contributed by atoms with E-state index in [1.807, 2.05) is 0 Å². The van der Waals surface area contributed by atoms with Crippen molar-refractivity contribution in [3.05, 3.63) is 34.9 Å². The van der Waals surface area contributed by atoms with Crippen LogP contribution in [-0.4, -0.2) is 24.0 Å². The first kappa shape index (κ1) is 12.9. The lowest BCUT2D eigenvalue weighted by Gasteiger charge is -2.25. The number of hydrogen-bond donors (Lipinski definition) is 1. The molecule has 3 nitrogen and oxygen atoms in total. The van der Waals surface area contributed by atoms with E-state index < -0.39 is 24.5 Å². The van der Waals surface area contributed by atoms with Gasteiger partial charge in [-0.3, -0.25) is 4.79 Å². The fraction of sp³-hybridized carbons (Fsp3) is 0.273. The molecular weight excluding hydrogens is 269 g/mol. The summed E-state index contributed by atoms with van der Waals surface area (Å²) < 4.78 is 37.8. The van der Waals surface area contributed by atoms with Crippen LogP contribution in [0.5, 0.6) is 0 Å². The second-order valence-electron chi connectivity index (χ2n) is 3.81. The minimum Gasteiger partial charge on any atom is -0.358 e. The maximum Gasteiger partial charge on any atom is 0.409 e. The molecular formula is C11H8ClF3N2O. The first-order valence-electron chi connectivity index (χ1n) is 5.07. The second kappa shape index (κ2) is 4.61. The zero-order chi connectivity index (χ0) is 13.3. The molecule has 0 radical (unpaired) electrons. The molecule has 1 aliphatic rings. The maximum atomic E-state index is 12.6. The molecule has 0 saturated carbocycles. The third kappa shape index (κ3) is 2.81. The smallest absolute Gasteiger partial charge is 0.358 e. The summed E-state index contributed by atoms with van der Waals surface area (Å²) in [5.41, 5.74) is 0.352. The molecule has 0 spiro atoms. The number of carbonyl (C=O) groups excluding carboxylic acids is 1. The number of nitrogens with one attached hydrogen (secondary N) is 1. The van der Waals surface area contributed by atoms with Crippen molar-refractivity contribution in [1.29, 1.82) is 0 Å². The number of amidine groups is 1. The lowest BCUT2D eigenvalue weighted by atomic mass is 10.1. The third-order valence-corrected chi connectivity index (χ3v) is 2.65. The van der Waals surface area contributed by atoms with Gasteiger partial charge in [-0.05, 0) is 12.1 Å². The number of carbonyl (C=O) groups is 1. The molecule has 1 amide bonds. The van der Waals surface area contributed by atoms with Gasteiger partial charge in [0.1, 0.15) is 11.9 Å². The Kier molecular flexibility index (Phi) is 3.30. The fourth-order valence-corrected chi connectivity index (χ4v) is 1.76. The second-order valence-corrected chi connectivity index (χ2v) is 4.24. The summed E-state index contributed by atoms with van der Waals surface area (Å²) in [6.07, 6.45) is -5.18. The van der Waals surface area contributed by atoms with Crippen LogP contribution in [0.15, 0.2) is 29.3 Å². The molecule has 1 aliphatic heterocycles. The minimum absolute atomic E-state index is 0.101. The fourth-order valence-electron chi connectivity index (χ4n) is 1.57. The predicted molar refractivity (Wildman–Crippen MR) is 60.6 cm³/mol. The van der Waals surface area contributed by atoms with Crippen molar-refractivity contribution in [2.24, 2.45) is 4.99 Å². The number of alkyl halides is 3. The Balaban J connectivity index is 2.31. The highest BCUT2D eigenvalue weighted by Gasteiger charge is 2.43. The van der Waals surface area contributed by atoms with Gasteiger partial charge in [-0.25, -0.2) is 0 Å². The van der Waals surface area contributed by atoms with Crippen LogP contribution in [0.3, 0.4) is 0 Å². The van der Waals surface area contributed by atoms with E-state index in [1.165, 1.54) is 12.1 Å². The van der Waals surface area contributed by atoms with Crippen molar-refractivity contribution in [1.82, 2.24) is 5.32 Å². The molecule has 96 valence electrons. The number of halogens is 4. The van der Waals surface area contributed by atoms with E-state index in [1.54, 1.807) is 12.1 Å². The largest absolute Gasteiger partial charge is 0.409 e. The highest BCUT2D eigenvalue weighted by atomic mass is 35.5. The van der Waals surface area contributed by atoms with E-state index in [4.69, 9.17) is 11.6 Å². The summed E-state index contributed by atoms with van der Waals surface area (Å²) in [4.78, 5) is 14.8. The Morgan fingerprint density at radius 3 is 2.72 bits per heavy atom. The number of hydrogen-bond acceptors (Lipinski definition) is 2. The number of rotatable bonds is 1. The molecule has 1 unspecified atom stereocenters. The zero-order valence-electron chi connectivity index (χ0n) is 8.96. The van der Waals surface area contributed by atoms with E-state index in [2.05, 4.69) is 10.3 Å². The van der Waals surface area contributed by atoms with Crippen LogP contribution in [0.1, 0.15) is 12.0 Å². The summed E-state index contributed by atoms with van der Waals surface area (Å²) in [7, 11) is 0. The van der Waals surface area contributed by atoms with Crippen molar-refractivity contribution in [3.8, 4) is 0 Å².